The zero-order chi connectivity index (χ0) is 23.2. The number of amides is 2. The van der Waals surface area contributed by atoms with Gasteiger partial charge in [0.1, 0.15) is 11.8 Å². The predicted molar refractivity (Wildman–Crippen MR) is 124 cm³/mol. The van der Waals surface area contributed by atoms with Crippen molar-refractivity contribution < 1.29 is 23.8 Å². The van der Waals surface area contributed by atoms with Crippen LogP contribution in [0.4, 0.5) is 0 Å². The highest BCUT2D eigenvalue weighted by atomic mass is 16.7. The lowest BCUT2D eigenvalue weighted by Gasteiger charge is -2.30. The second-order valence-corrected chi connectivity index (χ2v) is 8.72. The van der Waals surface area contributed by atoms with E-state index in [1.165, 1.54) is 0 Å². The Bertz CT molecular complexity index is 969. The van der Waals surface area contributed by atoms with Gasteiger partial charge < -0.3 is 24.4 Å². The third kappa shape index (κ3) is 5.78. The molecule has 0 saturated heterocycles. The summed E-state index contributed by atoms with van der Waals surface area (Å²) in [6.07, 6.45) is 5.17. The average molecular weight is 453 g/mol. The summed E-state index contributed by atoms with van der Waals surface area (Å²) in [5, 5.41) is 3.14. The van der Waals surface area contributed by atoms with Crippen LogP contribution in [0.5, 0.6) is 17.2 Å². The number of ether oxygens (including phenoxy) is 3. The fourth-order valence-corrected chi connectivity index (χ4v) is 4.39. The Morgan fingerprint density at radius 1 is 1.06 bits per heavy atom. The number of aryl methyl sites for hydroxylation is 1. The van der Waals surface area contributed by atoms with Crippen LogP contribution >= 0.6 is 0 Å². The molecular weight excluding hydrogens is 420 g/mol. The van der Waals surface area contributed by atoms with Crippen molar-refractivity contribution in [1.82, 2.24) is 10.2 Å². The molecule has 7 heteroatoms. The Morgan fingerprint density at radius 3 is 2.48 bits per heavy atom. The van der Waals surface area contributed by atoms with Crippen LogP contribution in [0.3, 0.4) is 0 Å². The topological polar surface area (TPSA) is 77.1 Å². The van der Waals surface area contributed by atoms with E-state index in [0.29, 0.717) is 25.1 Å². The molecule has 1 saturated carbocycles. The molecule has 0 unspecified atom stereocenters. The monoisotopic (exact) mass is 452 g/mol. The molecule has 1 aliphatic carbocycles. The van der Waals surface area contributed by atoms with Crippen molar-refractivity contribution in [2.24, 2.45) is 0 Å². The Kier molecular flexibility index (Phi) is 7.37. The van der Waals surface area contributed by atoms with Crippen molar-refractivity contribution in [1.29, 1.82) is 0 Å². The molecule has 2 aromatic rings. The second-order valence-electron chi connectivity index (χ2n) is 8.72. The van der Waals surface area contributed by atoms with Crippen molar-refractivity contribution >= 4 is 11.8 Å². The first-order chi connectivity index (χ1) is 16.0. The van der Waals surface area contributed by atoms with Crippen molar-refractivity contribution in [2.45, 2.75) is 64.1 Å². The van der Waals surface area contributed by atoms with E-state index in [1.54, 1.807) is 12.0 Å². The molecule has 7 nitrogen and oxygen atoms in total. The number of rotatable bonds is 9. The Labute approximate surface area is 195 Å². The van der Waals surface area contributed by atoms with Gasteiger partial charge in [0.2, 0.25) is 18.6 Å². The highest BCUT2D eigenvalue weighted by Crippen LogP contribution is 2.33. The minimum Gasteiger partial charge on any atom is -0.497 e. The standard InChI is InChI=1S/C26H32N2O5/c1-18(26(30)27-21-5-3-4-6-21)28(16-20-7-11-22(31-2)12-8-20)25(29)14-10-19-9-13-23-24(15-19)33-17-32-23/h7-9,11-13,15,18,21H,3-6,10,14,16-17H2,1-2H3,(H,27,30)/t18-/m0/s1. The van der Waals surface area contributed by atoms with Crippen LogP contribution in [-0.2, 0) is 22.6 Å². The molecule has 176 valence electrons. The van der Waals surface area contributed by atoms with Crippen molar-refractivity contribution in [3.05, 3.63) is 53.6 Å². The molecule has 2 aromatic carbocycles. The molecule has 2 amide bonds. The Balaban J connectivity index is 1.44. The first kappa shape index (κ1) is 23.0. The summed E-state index contributed by atoms with van der Waals surface area (Å²) in [5.74, 6) is 2.04. The van der Waals surface area contributed by atoms with Gasteiger partial charge >= 0.3 is 0 Å². The quantitative estimate of drug-likeness (QED) is 0.626. The van der Waals surface area contributed by atoms with Gasteiger partial charge in [0.15, 0.2) is 11.5 Å². The normalized spacial score (nSPS) is 15.8. The minimum atomic E-state index is -0.558. The van der Waals surface area contributed by atoms with Crippen LogP contribution in [-0.4, -0.2) is 42.7 Å². The van der Waals surface area contributed by atoms with E-state index in [4.69, 9.17) is 14.2 Å². The van der Waals surface area contributed by atoms with E-state index in [2.05, 4.69) is 5.32 Å². The number of fused-ring (bicyclic) bond motifs is 1. The highest BCUT2D eigenvalue weighted by Gasteiger charge is 2.28. The molecule has 1 heterocycles. The number of nitrogens with one attached hydrogen (secondary N) is 1. The summed E-state index contributed by atoms with van der Waals surface area (Å²) in [6.45, 7) is 2.40. The molecule has 1 fully saturated rings. The third-order valence-corrected chi connectivity index (χ3v) is 6.45. The molecule has 4 rings (SSSR count). The third-order valence-electron chi connectivity index (χ3n) is 6.45. The number of carbonyl (C=O) groups excluding carboxylic acids is 2. The highest BCUT2D eigenvalue weighted by molar-refractivity contribution is 5.87. The molecule has 0 radical (unpaired) electrons. The van der Waals surface area contributed by atoms with Crippen molar-refractivity contribution in [3.63, 3.8) is 0 Å². The number of hydrogen-bond acceptors (Lipinski definition) is 5. The van der Waals surface area contributed by atoms with E-state index < -0.39 is 6.04 Å². The number of methoxy groups -OCH3 is 1. The van der Waals surface area contributed by atoms with E-state index in [-0.39, 0.29) is 24.6 Å². The first-order valence-electron chi connectivity index (χ1n) is 11.6. The van der Waals surface area contributed by atoms with Gasteiger partial charge in [-0.05, 0) is 61.6 Å². The van der Waals surface area contributed by atoms with Gasteiger partial charge in [0, 0.05) is 19.0 Å². The Morgan fingerprint density at radius 2 is 1.76 bits per heavy atom. The summed E-state index contributed by atoms with van der Waals surface area (Å²) < 4.78 is 16.0. The zero-order valence-electron chi connectivity index (χ0n) is 19.3. The van der Waals surface area contributed by atoms with E-state index in [1.807, 2.05) is 49.4 Å². The smallest absolute Gasteiger partial charge is 0.242 e. The zero-order valence-corrected chi connectivity index (χ0v) is 19.3. The van der Waals surface area contributed by atoms with Crippen LogP contribution in [0.1, 0.15) is 50.2 Å². The molecule has 0 aromatic heterocycles. The average Bonchev–Trinajstić information content (AvgIpc) is 3.52. The summed E-state index contributed by atoms with van der Waals surface area (Å²) in [4.78, 5) is 28.0. The number of hydrogen-bond donors (Lipinski definition) is 1. The first-order valence-corrected chi connectivity index (χ1v) is 11.6. The van der Waals surface area contributed by atoms with Crippen LogP contribution < -0.4 is 19.5 Å². The van der Waals surface area contributed by atoms with Crippen LogP contribution in [0.15, 0.2) is 42.5 Å². The predicted octanol–water partition coefficient (Wildman–Crippen LogP) is 3.83. The van der Waals surface area contributed by atoms with Crippen molar-refractivity contribution in [2.75, 3.05) is 13.9 Å². The summed E-state index contributed by atoms with van der Waals surface area (Å²) in [6, 6.07) is 13.0. The number of carbonyl (C=O) groups is 2. The van der Waals surface area contributed by atoms with Gasteiger partial charge in [-0.2, -0.15) is 0 Å². The fraction of sp³-hybridized carbons (Fsp3) is 0.462. The summed E-state index contributed by atoms with van der Waals surface area (Å²) >= 11 is 0. The molecule has 1 atom stereocenters. The number of benzene rings is 2. The fourth-order valence-electron chi connectivity index (χ4n) is 4.39. The van der Waals surface area contributed by atoms with Gasteiger partial charge in [-0.15, -0.1) is 0 Å². The maximum absolute atomic E-state index is 13.3. The lowest BCUT2D eigenvalue weighted by atomic mass is 10.1. The van der Waals surface area contributed by atoms with Crippen LogP contribution in [0, 0.1) is 0 Å². The molecule has 0 spiro atoms. The van der Waals surface area contributed by atoms with Gasteiger partial charge in [-0.25, -0.2) is 0 Å². The van der Waals surface area contributed by atoms with Crippen LogP contribution in [0.2, 0.25) is 0 Å². The SMILES string of the molecule is COc1ccc(CN(C(=O)CCc2ccc3c(c2)OCO3)[C@@H](C)C(=O)NC2CCCC2)cc1. The van der Waals surface area contributed by atoms with Gasteiger partial charge in [0.25, 0.3) is 0 Å². The molecule has 0 bridgehead atoms. The van der Waals surface area contributed by atoms with Crippen molar-refractivity contribution in [3.8, 4) is 17.2 Å². The second kappa shape index (κ2) is 10.6. The van der Waals surface area contributed by atoms with E-state index >= 15 is 0 Å². The maximum Gasteiger partial charge on any atom is 0.242 e. The van der Waals surface area contributed by atoms with Gasteiger partial charge in [-0.1, -0.05) is 31.0 Å². The largest absolute Gasteiger partial charge is 0.497 e. The van der Waals surface area contributed by atoms with E-state index in [9.17, 15) is 9.59 Å². The summed E-state index contributed by atoms with van der Waals surface area (Å²) in [7, 11) is 1.62. The maximum atomic E-state index is 13.3. The molecule has 2 aliphatic rings. The molecule has 1 N–H and O–H groups in total. The number of nitrogens with zero attached hydrogens (tertiary/aromatic N) is 1. The molecule has 33 heavy (non-hydrogen) atoms. The molecular formula is C26H32N2O5. The van der Waals surface area contributed by atoms with Gasteiger partial charge in [-0.3, -0.25) is 9.59 Å². The lowest BCUT2D eigenvalue weighted by molar-refractivity contribution is -0.140. The van der Waals surface area contributed by atoms with Gasteiger partial charge in [0.05, 0.1) is 7.11 Å². The van der Waals surface area contributed by atoms with E-state index in [0.717, 1.165) is 48.3 Å². The van der Waals surface area contributed by atoms with Crippen LogP contribution in [0.25, 0.3) is 0 Å². The minimum absolute atomic E-state index is 0.0578. The summed E-state index contributed by atoms with van der Waals surface area (Å²) in [5.41, 5.74) is 1.95. The Hall–Kier alpha value is -3.22. The molecule has 1 aliphatic heterocycles. The lowest BCUT2D eigenvalue weighted by Crippen LogP contribution is -2.49.